The molecule has 0 bridgehead atoms. The van der Waals surface area contributed by atoms with Gasteiger partial charge in [-0.2, -0.15) is 34.9 Å². The molecule has 0 nitrogen and oxygen atoms in total. The van der Waals surface area contributed by atoms with E-state index in [4.69, 9.17) is 0 Å². The summed E-state index contributed by atoms with van der Waals surface area (Å²) in [5.74, 6) is 0. The fraction of sp³-hybridized carbons (Fsp3) is 0.500. The molecule has 0 N–H and O–H groups in total. The Kier molecular flexibility index (Phi) is 6.90. The summed E-state index contributed by atoms with van der Waals surface area (Å²) < 4.78 is 0. The van der Waals surface area contributed by atoms with Crippen molar-refractivity contribution in [1.82, 2.24) is 0 Å². The molecule has 0 unspecified atom stereocenters. The van der Waals surface area contributed by atoms with Gasteiger partial charge in [0.15, 0.2) is 0 Å². The van der Waals surface area contributed by atoms with Gasteiger partial charge >= 0.3 is 0 Å². The molecule has 0 atom stereocenters. The predicted octanol–water partition coefficient (Wildman–Crippen LogP) is 3.31. The first-order valence-electron chi connectivity index (χ1n) is 4.78. The molecular weight excluding hydrogens is 233 g/mol. The van der Waals surface area contributed by atoms with E-state index in [1.165, 1.54) is 29.5 Å². The standard InChI is InChI=1S/C12H17.Y/c1-4-7-11-9-6-8-10(3)12(11)5-2;/h6,8H,4-5,7H2,1-3H3;/q-1;. The van der Waals surface area contributed by atoms with Crippen LogP contribution in [0.1, 0.15) is 37.0 Å². The summed E-state index contributed by atoms with van der Waals surface area (Å²) in [5.41, 5.74) is 4.33. The Morgan fingerprint density at radius 2 is 2.00 bits per heavy atom. The SMILES string of the molecule is CCCc1[c-]ccc(C)c1CC.[Y]. The number of hydrogen-bond donors (Lipinski definition) is 0. The van der Waals surface area contributed by atoms with Crippen molar-refractivity contribution in [1.29, 1.82) is 0 Å². The van der Waals surface area contributed by atoms with Gasteiger partial charge in [-0.25, -0.2) is 0 Å². The quantitative estimate of drug-likeness (QED) is 0.722. The molecule has 1 aromatic rings. The van der Waals surface area contributed by atoms with Crippen LogP contribution in [0.15, 0.2) is 12.1 Å². The number of benzene rings is 1. The van der Waals surface area contributed by atoms with Crippen LogP contribution in [-0.2, 0) is 45.6 Å². The second-order valence-corrected chi connectivity index (χ2v) is 3.22. The summed E-state index contributed by atoms with van der Waals surface area (Å²) in [6.07, 6.45) is 3.52. The molecule has 1 aromatic carbocycles. The van der Waals surface area contributed by atoms with E-state index < -0.39 is 0 Å². The largest absolute Gasteiger partial charge is 0.180 e. The summed E-state index contributed by atoms with van der Waals surface area (Å²) in [7, 11) is 0. The monoisotopic (exact) mass is 250 g/mol. The fourth-order valence-corrected chi connectivity index (χ4v) is 1.66. The summed E-state index contributed by atoms with van der Waals surface area (Å²) in [4.78, 5) is 0. The van der Waals surface area contributed by atoms with Gasteiger partial charge in [0.25, 0.3) is 0 Å². The number of rotatable bonds is 3. The van der Waals surface area contributed by atoms with Crippen LogP contribution in [0.3, 0.4) is 0 Å². The first kappa shape index (κ1) is 13.3. The van der Waals surface area contributed by atoms with Crippen LogP contribution in [0.4, 0.5) is 0 Å². The van der Waals surface area contributed by atoms with E-state index >= 15 is 0 Å². The van der Waals surface area contributed by atoms with Gasteiger partial charge in [-0.3, -0.25) is 0 Å². The Morgan fingerprint density at radius 1 is 1.31 bits per heavy atom. The van der Waals surface area contributed by atoms with Gasteiger partial charge in [0.2, 0.25) is 0 Å². The Morgan fingerprint density at radius 3 is 2.54 bits per heavy atom. The summed E-state index contributed by atoms with van der Waals surface area (Å²) in [5, 5.41) is 0. The molecule has 1 heteroatoms. The van der Waals surface area contributed by atoms with Gasteiger partial charge in [-0.1, -0.05) is 40.0 Å². The summed E-state index contributed by atoms with van der Waals surface area (Å²) in [6.45, 7) is 6.62. The van der Waals surface area contributed by atoms with Gasteiger partial charge in [0.05, 0.1) is 0 Å². The molecule has 0 spiro atoms. The Bertz CT molecular complexity index is 253. The van der Waals surface area contributed by atoms with E-state index in [2.05, 4.69) is 32.9 Å². The van der Waals surface area contributed by atoms with Gasteiger partial charge < -0.3 is 0 Å². The molecule has 0 saturated heterocycles. The van der Waals surface area contributed by atoms with E-state index in [1.807, 2.05) is 6.07 Å². The zero-order valence-corrected chi connectivity index (χ0v) is 11.7. The molecule has 13 heavy (non-hydrogen) atoms. The second kappa shape index (κ2) is 6.73. The van der Waals surface area contributed by atoms with Gasteiger partial charge in [-0.05, 0) is 0 Å². The smallest absolute Gasteiger partial charge is 0 e. The topological polar surface area (TPSA) is 0 Å². The van der Waals surface area contributed by atoms with Crippen LogP contribution < -0.4 is 0 Å². The van der Waals surface area contributed by atoms with Crippen molar-refractivity contribution in [3.05, 3.63) is 34.9 Å². The first-order chi connectivity index (χ1) is 5.79. The third kappa shape index (κ3) is 3.52. The molecule has 0 saturated carbocycles. The van der Waals surface area contributed by atoms with Crippen LogP contribution in [0, 0.1) is 13.0 Å². The Hall–Kier alpha value is 0.324. The van der Waals surface area contributed by atoms with E-state index in [9.17, 15) is 0 Å². The maximum Gasteiger partial charge on any atom is 0 e. The van der Waals surface area contributed by atoms with Crippen LogP contribution in [0.2, 0.25) is 0 Å². The third-order valence-corrected chi connectivity index (χ3v) is 2.28. The average molecular weight is 250 g/mol. The van der Waals surface area contributed by atoms with Crippen LogP contribution >= 0.6 is 0 Å². The molecule has 0 aliphatic rings. The minimum absolute atomic E-state index is 0. The summed E-state index contributed by atoms with van der Waals surface area (Å²) >= 11 is 0. The third-order valence-electron chi connectivity index (χ3n) is 2.28. The molecule has 0 aliphatic heterocycles. The van der Waals surface area contributed by atoms with Crippen LogP contribution in [-0.4, -0.2) is 0 Å². The fourth-order valence-electron chi connectivity index (χ4n) is 1.66. The average Bonchev–Trinajstić information content (AvgIpc) is 2.05. The second-order valence-electron chi connectivity index (χ2n) is 3.22. The molecule has 69 valence electrons. The van der Waals surface area contributed by atoms with Crippen molar-refractivity contribution in [2.75, 3.05) is 0 Å². The molecule has 1 rings (SSSR count). The van der Waals surface area contributed by atoms with E-state index in [1.54, 1.807) is 0 Å². The number of aryl methyl sites for hydroxylation is 2. The first-order valence-corrected chi connectivity index (χ1v) is 4.78. The van der Waals surface area contributed by atoms with E-state index in [0.717, 1.165) is 6.42 Å². The zero-order valence-electron chi connectivity index (χ0n) is 8.85. The minimum atomic E-state index is 0. The van der Waals surface area contributed by atoms with Crippen LogP contribution in [0.5, 0.6) is 0 Å². The summed E-state index contributed by atoms with van der Waals surface area (Å²) in [6, 6.07) is 7.52. The van der Waals surface area contributed by atoms with Crippen molar-refractivity contribution in [3.63, 3.8) is 0 Å². The van der Waals surface area contributed by atoms with Gasteiger partial charge in [0, 0.05) is 32.7 Å². The molecule has 1 radical (unpaired) electrons. The van der Waals surface area contributed by atoms with E-state index in [0.29, 0.717) is 0 Å². The van der Waals surface area contributed by atoms with Crippen molar-refractivity contribution in [2.24, 2.45) is 0 Å². The van der Waals surface area contributed by atoms with E-state index in [-0.39, 0.29) is 32.7 Å². The Labute approximate surface area is 107 Å². The molecule has 0 aliphatic carbocycles. The van der Waals surface area contributed by atoms with Crippen molar-refractivity contribution in [3.8, 4) is 0 Å². The molecule has 0 heterocycles. The normalized spacial score (nSPS) is 9.46. The maximum atomic E-state index is 3.33. The van der Waals surface area contributed by atoms with Crippen molar-refractivity contribution < 1.29 is 32.7 Å². The Balaban J connectivity index is 0.00000144. The molecule has 0 fully saturated rings. The minimum Gasteiger partial charge on any atom is -0.180 e. The zero-order chi connectivity index (χ0) is 8.97. The van der Waals surface area contributed by atoms with Crippen LogP contribution in [0.25, 0.3) is 0 Å². The number of hydrogen-bond acceptors (Lipinski definition) is 0. The molecular formula is C12H17Y-. The molecule has 0 aromatic heterocycles. The maximum absolute atomic E-state index is 3.33. The van der Waals surface area contributed by atoms with Gasteiger partial charge in [-0.15, -0.1) is 0 Å². The van der Waals surface area contributed by atoms with Gasteiger partial charge in [0.1, 0.15) is 0 Å². The predicted molar refractivity (Wildman–Crippen MR) is 53.4 cm³/mol. The molecule has 0 amide bonds. The van der Waals surface area contributed by atoms with Crippen molar-refractivity contribution in [2.45, 2.75) is 40.0 Å². The van der Waals surface area contributed by atoms with Crippen molar-refractivity contribution >= 4 is 0 Å².